The van der Waals surface area contributed by atoms with Gasteiger partial charge in [0, 0.05) is 17.8 Å². The van der Waals surface area contributed by atoms with Crippen LogP contribution in [0.2, 0.25) is 0 Å². The number of alkyl halides is 4. The van der Waals surface area contributed by atoms with Gasteiger partial charge in [-0.05, 0) is 17.0 Å². The second-order valence-electron chi connectivity index (χ2n) is 4.63. The molecule has 21 heavy (non-hydrogen) atoms. The summed E-state index contributed by atoms with van der Waals surface area (Å²) < 4.78 is 54.1. The number of fused-ring (bicyclic) bond motifs is 1. The van der Waals surface area contributed by atoms with Crippen LogP contribution in [0.3, 0.4) is 0 Å². The minimum absolute atomic E-state index is 0.281. The molecule has 1 aromatic heterocycles. The van der Waals surface area contributed by atoms with Crippen molar-refractivity contribution in [2.24, 2.45) is 5.73 Å². The normalized spacial score (nSPS) is 13.8. The van der Waals surface area contributed by atoms with Crippen molar-refractivity contribution in [2.45, 2.75) is 18.4 Å². The Morgan fingerprint density at radius 2 is 2.00 bits per heavy atom. The van der Waals surface area contributed by atoms with E-state index in [1.54, 1.807) is 30.6 Å². The summed E-state index contributed by atoms with van der Waals surface area (Å²) in [5.74, 6) is -4.17. The van der Waals surface area contributed by atoms with Crippen molar-refractivity contribution < 1.29 is 22.3 Å². The van der Waals surface area contributed by atoms with Crippen LogP contribution >= 0.6 is 0 Å². The first-order chi connectivity index (χ1) is 9.92. The molecule has 0 aliphatic heterocycles. The number of hydrogen-bond donors (Lipinski definition) is 1. The molecular weight excluding hydrogens is 288 g/mol. The Morgan fingerprint density at radius 1 is 1.24 bits per heavy atom. The summed E-state index contributed by atoms with van der Waals surface area (Å²) >= 11 is 0. The van der Waals surface area contributed by atoms with Crippen LogP contribution in [0.1, 0.15) is 11.6 Å². The van der Waals surface area contributed by atoms with Crippen LogP contribution in [-0.2, 0) is 4.74 Å². The fraction of sp³-hybridized carbons (Fsp3) is 0.357. The van der Waals surface area contributed by atoms with Gasteiger partial charge in [0.15, 0.2) is 0 Å². The molecule has 0 saturated carbocycles. The van der Waals surface area contributed by atoms with Gasteiger partial charge in [-0.1, -0.05) is 18.2 Å². The monoisotopic (exact) mass is 302 g/mol. The summed E-state index contributed by atoms with van der Waals surface area (Å²) in [6.45, 7) is -1.64. The maximum absolute atomic E-state index is 12.7. The lowest BCUT2D eigenvalue weighted by atomic mass is 10.0. The number of pyridine rings is 1. The summed E-state index contributed by atoms with van der Waals surface area (Å²) in [4.78, 5) is 3.98. The zero-order valence-corrected chi connectivity index (χ0v) is 11.0. The van der Waals surface area contributed by atoms with Crippen LogP contribution < -0.4 is 5.73 Å². The van der Waals surface area contributed by atoms with Crippen LogP contribution in [0.25, 0.3) is 10.8 Å². The van der Waals surface area contributed by atoms with Gasteiger partial charge in [0.1, 0.15) is 6.61 Å². The maximum Gasteiger partial charge on any atom is 0.330 e. The minimum Gasteiger partial charge on any atom is -0.373 e. The van der Waals surface area contributed by atoms with Crippen LogP contribution in [0.4, 0.5) is 17.6 Å². The molecule has 0 fully saturated rings. The average Bonchev–Trinajstić information content (AvgIpc) is 2.46. The number of aromatic nitrogens is 1. The Balaban J connectivity index is 2.04. The quantitative estimate of drug-likeness (QED) is 0.834. The summed E-state index contributed by atoms with van der Waals surface area (Å²) in [6, 6.07) is 6.44. The van der Waals surface area contributed by atoms with Crippen molar-refractivity contribution in [1.29, 1.82) is 0 Å². The van der Waals surface area contributed by atoms with Gasteiger partial charge in [0.25, 0.3) is 0 Å². The van der Waals surface area contributed by atoms with E-state index in [1.807, 2.05) is 6.07 Å². The Labute approximate surface area is 118 Å². The molecular formula is C14H14F4N2O. The number of nitrogens with two attached hydrogens (primary N) is 1. The topological polar surface area (TPSA) is 48.1 Å². The third-order valence-corrected chi connectivity index (χ3v) is 3.03. The second kappa shape index (κ2) is 6.36. The highest BCUT2D eigenvalue weighted by Gasteiger charge is 2.41. The third kappa shape index (κ3) is 3.68. The van der Waals surface area contributed by atoms with Crippen molar-refractivity contribution in [2.75, 3.05) is 13.2 Å². The third-order valence-electron chi connectivity index (χ3n) is 3.03. The number of benzene rings is 1. The lowest BCUT2D eigenvalue weighted by Crippen LogP contribution is -2.33. The molecule has 1 atom stereocenters. The van der Waals surface area contributed by atoms with Gasteiger partial charge >= 0.3 is 12.3 Å². The standard InChI is InChI=1S/C14H14F4N2O/c15-13(16)14(17,18)8-21-7-12(19)10-3-1-2-9-4-5-20-6-11(9)10/h1-6,12-13H,7-8,19H2. The van der Waals surface area contributed by atoms with Gasteiger partial charge in [0.2, 0.25) is 0 Å². The molecule has 2 rings (SSSR count). The lowest BCUT2D eigenvalue weighted by Gasteiger charge is -2.18. The number of nitrogens with zero attached hydrogens (tertiary/aromatic N) is 1. The number of hydrogen-bond acceptors (Lipinski definition) is 3. The predicted molar refractivity (Wildman–Crippen MR) is 70.4 cm³/mol. The molecule has 0 radical (unpaired) electrons. The average molecular weight is 302 g/mol. The molecule has 7 heteroatoms. The van der Waals surface area contributed by atoms with E-state index in [1.165, 1.54) is 0 Å². The van der Waals surface area contributed by atoms with Crippen molar-refractivity contribution in [3.63, 3.8) is 0 Å². The van der Waals surface area contributed by atoms with E-state index in [0.29, 0.717) is 5.56 Å². The highest BCUT2D eigenvalue weighted by atomic mass is 19.3. The number of halogens is 4. The first kappa shape index (κ1) is 15.7. The molecule has 0 bridgehead atoms. The predicted octanol–water partition coefficient (Wildman–Crippen LogP) is 3.15. The highest BCUT2D eigenvalue weighted by molar-refractivity contribution is 5.85. The summed E-state index contributed by atoms with van der Waals surface area (Å²) in [6.07, 6.45) is -0.522. The number of ether oxygens (including phenoxy) is 1. The summed E-state index contributed by atoms with van der Waals surface area (Å²) in [7, 11) is 0. The Morgan fingerprint density at radius 3 is 2.71 bits per heavy atom. The van der Waals surface area contributed by atoms with E-state index < -0.39 is 25.0 Å². The Kier molecular flexibility index (Phi) is 4.74. The molecule has 0 aliphatic carbocycles. The minimum atomic E-state index is -4.17. The zero-order chi connectivity index (χ0) is 15.5. The van der Waals surface area contributed by atoms with E-state index in [0.717, 1.165) is 10.8 Å². The van der Waals surface area contributed by atoms with E-state index in [9.17, 15) is 17.6 Å². The van der Waals surface area contributed by atoms with E-state index in [4.69, 9.17) is 5.73 Å². The fourth-order valence-corrected chi connectivity index (χ4v) is 1.94. The molecule has 0 aliphatic rings. The second-order valence-corrected chi connectivity index (χ2v) is 4.63. The van der Waals surface area contributed by atoms with Gasteiger partial charge < -0.3 is 10.5 Å². The van der Waals surface area contributed by atoms with Crippen LogP contribution in [0, 0.1) is 0 Å². The lowest BCUT2D eigenvalue weighted by molar-refractivity contribution is -0.166. The van der Waals surface area contributed by atoms with E-state index >= 15 is 0 Å². The summed E-state index contributed by atoms with van der Waals surface area (Å²) in [5.41, 5.74) is 6.55. The first-order valence-electron chi connectivity index (χ1n) is 6.24. The van der Waals surface area contributed by atoms with Crippen LogP contribution in [-0.4, -0.2) is 30.5 Å². The smallest absolute Gasteiger partial charge is 0.330 e. The molecule has 1 unspecified atom stereocenters. The van der Waals surface area contributed by atoms with Crippen molar-refractivity contribution in [1.82, 2.24) is 4.98 Å². The molecule has 1 heterocycles. The molecule has 2 aromatic rings. The van der Waals surface area contributed by atoms with Crippen molar-refractivity contribution >= 4 is 10.8 Å². The van der Waals surface area contributed by atoms with Gasteiger partial charge in [-0.3, -0.25) is 4.98 Å². The molecule has 0 amide bonds. The van der Waals surface area contributed by atoms with Crippen molar-refractivity contribution in [3.05, 3.63) is 42.2 Å². The first-order valence-corrected chi connectivity index (χ1v) is 6.24. The van der Waals surface area contributed by atoms with E-state index in [2.05, 4.69) is 9.72 Å². The Bertz CT molecular complexity index is 601. The molecule has 114 valence electrons. The van der Waals surface area contributed by atoms with Crippen LogP contribution in [0.15, 0.2) is 36.7 Å². The largest absolute Gasteiger partial charge is 0.373 e. The molecule has 2 N–H and O–H groups in total. The molecule has 1 aromatic carbocycles. The maximum atomic E-state index is 12.7. The van der Waals surface area contributed by atoms with Crippen molar-refractivity contribution in [3.8, 4) is 0 Å². The van der Waals surface area contributed by atoms with Gasteiger partial charge in [-0.25, -0.2) is 8.78 Å². The molecule has 0 spiro atoms. The zero-order valence-electron chi connectivity index (χ0n) is 11.0. The van der Waals surface area contributed by atoms with E-state index in [-0.39, 0.29) is 6.61 Å². The molecule has 3 nitrogen and oxygen atoms in total. The Hall–Kier alpha value is -1.73. The van der Waals surface area contributed by atoms with Crippen LogP contribution in [0.5, 0.6) is 0 Å². The van der Waals surface area contributed by atoms with Gasteiger partial charge in [-0.15, -0.1) is 0 Å². The highest BCUT2D eigenvalue weighted by Crippen LogP contribution is 2.25. The fourth-order valence-electron chi connectivity index (χ4n) is 1.94. The number of rotatable bonds is 6. The van der Waals surface area contributed by atoms with Gasteiger partial charge in [0.05, 0.1) is 12.6 Å². The van der Waals surface area contributed by atoms with Gasteiger partial charge in [-0.2, -0.15) is 8.78 Å². The SMILES string of the molecule is NC(COCC(F)(F)C(F)F)c1cccc2ccncc12. The summed E-state index contributed by atoms with van der Waals surface area (Å²) in [5, 5.41) is 1.67. The molecule has 0 saturated heterocycles.